The van der Waals surface area contributed by atoms with Crippen LogP contribution >= 0.6 is 0 Å². The third kappa shape index (κ3) is 4.97. The molecule has 4 saturated carbocycles. The summed E-state index contributed by atoms with van der Waals surface area (Å²) in [5.74, 6) is -1.19. The average Bonchev–Trinajstić information content (AvgIpc) is 3.98. The number of hydrogen-bond donors (Lipinski definition) is 5. The van der Waals surface area contributed by atoms with Gasteiger partial charge in [0, 0.05) is 36.5 Å². The van der Waals surface area contributed by atoms with Crippen molar-refractivity contribution in [2.75, 3.05) is 13.2 Å². The summed E-state index contributed by atoms with van der Waals surface area (Å²) in [6, 6.07) is 0. The standard InChI is InChI=1S/C54H74N2O10/c1-26-32-13-14-33-30-11-9-28-15-37-40(21-49(28,7)35(30)18-42(59)51(32,33)25-63-53(26)43(60)22-46(3,4)65-53)56-38-16-29-10-12-31-34(48(29,6)20-39(38)55-37)17-41(58)50(8)36(31)19-45-52(50,62)27(2)54(64-45)44(61)23-47(5,24-57)66-54/h14,19,26-32,34-35,41,43-45,57-58,60-62H,9-13,15-18,20-25H2,1-8H3/t26-,27+,28+,29+,30+,31-,32-,34+,35+,41-,43-,44-,45+,47+,48+,49+,50-,51-,52-,53?,54+/m1/s1. The molecular formula is C54H74N2O10. The van der Waals surface area contributed by atoms with Crippen molar-refractivity contribution in [3.05, 3.63) is 46.1 Å². The minimum absolute atomic E-state index is 0.0632. The van der Waals surface area contributed by atoms with Crippen LogP contribution in [0.3, 0.4) is 0 Å². The number of aliphatic hydroxyl groups is 5. The van der Waals surface area contributed by atoms with Crippen LogP contribution in [0.2, 0.25) is 0 Å². The summed E-state index contributed by atoms with van der Waals surface area (Å²) in [7, 11) is 0. The number of carbonyl (C=O) groups excluding carboxylic acids is 1. The van der Waals surface area contributed by atoms with Gasteiger partial charge in [0.15, 0.2) is 5.79 Å². The molecule has 4 aliphatic heterocycles. The van der Waals surface area contributed by atoms with E-state index in [9.17, 15) is 30.3 Å². The first-order valence-corrected chi connectivity index (χ1v) is 26.0. The van der Waals surface area contributed by atoms with Gasteiger partial charge in [0.05, 0.1) is 58.7 Å². The zero-order valence-electron chi connectivity index (χ0n) is 40.4. The van der Waals surface area contributed by atoms with Crippen LogP contribution in [0.15, 0.2) is 23.3 Å². The van der Waals surface area contributed by atoms with Crippen molar-refractivity contribution >= 4 is 5.78 Å². The summed E-state index contributed by atoms with van der Waals surface area (Å²) in [6.07, 6.45) is 11.4. The van der Waals surface area contributed by atoms with Gasteiger partial charge in [0.2, 0.25) is 5.79 Å². The van der Waals surface area contributed by atoms with Crippen LogP contribution < -0.4 is 0 Å². The molecule has 360 valence electrons. The number of Topliss-reactive ketones (excluding diaryl/α,β-unsaturated/α-hetero) is 1. The van der Waals surface area contributed by atoms with Crippen LogP contribution in [0, 0.1) is 74.9 Å². The van der Waals surface area contributed by atoms with E-state index in [-0.39, 0.29) is 53.4 Å². The molecule has 0 aromatic carbocycles. The molecule has 0 radical (unpaired) electrons. The number of rotatable bonds is 1. The SMILES string of the molecule is C[C@@H]1[C@H]2CC=C3[C@@H]4CC[C@H]5Cc6nc7c(nc6C[C@]5(C)[C@H]4CC(=O)[C@@]32COC12OC(C)(C)C[C@H]2O)C[C@@H]1CC[C@H]2C3=C[C@@H]4O[C@]5(O[C@](C)(CO)C[C@H]5O)[C@@H](C)[C@]4(O)[C@@]3(C)[C@H](O)C[C@@H]2[C@@]1(C)C7. The molecule has 12 heteroatoms. The second-order valence-corrected chi connectivity index (χ2v) is 26.1. The molecule has 12 nitrogen and oxygen atoms in total. The minimum atomic E-state index is -1.49. The molecule has 4 saturated heterocycles. The molecule has 1 aromatic rings. The maximum Gasteiger partial charge on any atom is 0.201 e. The van der Waals surface area contributed by atoms with Gasteiger partial charge in [-0.1, -0.05) is 57.9 Å². The van der Waals surface area contributed by atoms with E-state index in [1.54, 1.807) is 6.92 Å². The Morgan fingerprint density at radius 2 is 1.35 bits per heavy atom. The average molecular weight is 911 g/mol. The van der Waals surface area contributed by atoms with Gasteiger partial charge >= 0.3 is 0 Å². The third-order valence-corrected chi connectivity index (χ3v) is 22.9. The molecule has 13 rings (SSSR count). The highest BCUT2D eigenvalue weighted by Crippen LogP contribution is 2.72. The van der Waals surface area contributed by atoms with Crippen molar-refractivity contribution in [2.24, 2.45) is 74.9 Å². The Morgan fingerprint density at radius 1 is 0.727 bits per heavy atom. The van der Waals surface area contributed by atoms with Crippen LogP contribution in [0.1, 0.15) is 136 Å². The van der Waals surface area contributed by atoms with Gasteiger partial charge < -0.3 is 44.5 Å². The van der Waals surface area contributed by atoms with Gasteiger partial charge in [-0.25, -0.2) is 0 Å². The van der Waals surface area contributed by atoms with Crippen molar-refractivity contribution in [3.63, 3.8) is 0 Å². The van der Waals surface area contributed by atoms with Crippen LogP contribution in [0.25, 0.3) is 0 Å². The van der Waals surface area contributed by atoms with E-state index in [0.717, 1.165) is 86.1 Å². The Labute approximate surface area is 389 Å². The smallest absolute Gasteiger partial charge is 0.201 e. The Balaban J connectivity index is 0.762. The summed E-state index contributed by atoms with van der Waals surface area (Å²) in [6.45, 7) is 16.8. The summed E-state index contributed by atoms with van der Waals surface area (Å²) >= 11 is 0. The number of aromatic nitrogens is 2. The predicted molar refractivity (Wildman–Crippen MR) is 240 cm³/mol. The zero-order chi connectivity index (χ0) is 46.3. The first kappa shape index (κ1) is 43.9. The van der Waals surface area contributed by atoms with Gasteiger partial charge in [-0.3, -0.25) is 14.8 Å². The molecule has 66 heavy (non-hydrogen) atoms. The van der Waals surface area contributed by atoms with Gasteiger partial charge in [0.1, 0.15) is 29.7 Å². The fourth-order valence-electron chi connectivity index (χ4n) is 19.3. The van der Waals surface area contributed by atoms with Crippen LogP contribution in [-0.2, 0) is 49.4 Å². The molecule has 1 aromatic heterocycles. The van der Waals surface area contributed by atoms with Crippen molar-refractivity contribution < 1.29 is 49.3 Å². The Kier molecular flexibility index (Phi) is 8.79. The van der Waals surface area contributed by atoms with Crippen molar-refractivity contribution in [1.29, 1.82) is 0 Å². The van der Waals surface area contributed by atoms with E-state index >= 15 is 0 Å². The van der Waals surface area contributed by atoms with Crippen LogP contribution in [-0.4, -0.2) is 107 Å². The number of hydrogen-bond acceptors (Lipinski definition) is 12. The van der Waals surface area contributed by atoms with E-state index in [1.807, 2.05) is 27.7 Å². The highest BCUT2D eigenvalue weighted by Gasteiger charge is 2.79. The van der Waals surface area contributed by atoms with Crippen LogP contribution in [0.5, 0.6) is 0 Å². The van der Waals surface area contributed by atoms with E-state index in [1.165, 1.54) is 5.57 Å². The Bertz CT molecular complexity index is 2390. The lowest BCUT2D eigenvalue weighted by Gasteiger charge is -2.61. The number of nitrogens with zero attached hydrogens (tertiary/aromatic N) is 2. The quantitative estimate of drug-likeness (QED) is 0.224. The molecule has 8 fully saturated rings. The predicted octanol–water partition coefficient (Wildman–Crippen LogP) is 5.50. The second kappa shape index (κ2) is 13.2. The largest absolute Gasteiger partial charge is 0.393 e. The Hall–Kier alpha value is -2.13. The number of ether oxygens (including phenoxy) is 4. The molecule has 5 N–H and O–H groups in total. The Morgan fingerprint density at radius 3 is 1.95 bits per heavy atom. The van der Waals surface area contributed by atoms with Gasteiger partial charge in [-0.05, 0) is 137 Å². The molecule has 0 amide bonds. The van der Waals surface area contributed by atoms with Crippen LogP contribution in [0.4, 0.5) is 0 Å². The molecule has 5 heterocycles. The lowest BCUT2D eigenvalue weighted by molar-refractivity contribution is -0.336. The molecule has 0 bridgehead atoms. The summed E-state index contributed by atoms with van der Waals surface area (Å²) in [5.41, 5.74) is 2.15. The maximum absolute atomic E-state index is 14.9. The molecule has 8 aliphatic carbocycles. The summed E-state index contributed by atoms with van der Waals surface area (Å²) in [5, 5.41) is 58.3. The van der Waals surface area contributed by atoms with E-state index in [2.05, 4.69) is 32.9 Å². The lowest BCUT2D eigenvalue weighted by atomic mass is 9.44. The fourth-order valence-corrected chi connectivity index (χ4v) is 19.3. The number of carbonyl (C=O) groups is 1. The highest BCUT2D eigenvalue weighted by molar-refractivity contribution is 5.91. The third-order valence-electron chi connectivity index (χ3n) is 22.9. The van der Waals surface area contributed by atoms with E-state index in [0.29, 0.717) is 49.4 Å². The fraction of sp³-hybridized carbons (Fsp3) is 0.833. The summed E-state index contributed by atoms with van der Waals surface area (Å²) < 4.78 is 26.3. The number of fused-ring (bicyclic) bond motifs is 13. The van der Waals surface area contributed by atoms with E-state index in [4.69, 9.17) is 28.9 Å². The van der Waals surface area contributed by atoms with Crippen molar-refractivity contribution in [3.8, 4) is 0 Å². The molecule has 12 aliphatic rings. The molecule has 1 unspecified atom stereocenters. The first-order valence-electron chi connectivity index (χ1n) is 26.0. The summed E-state index contributed by atoms with van der Waals surface area (Å²) in [4.78, 5) is 26.1. The highest BCUT2D eigenvalue weighted by atomic mass is 16.7. The van der Waals surface area contributed by atoms with Gasteiger partial charge in [-0.15, -0.1) is 0 Å². The molecule has 3 spiro atoms. The van der Waals surface area contributed by atoms with Crippen molar-refractivity contribution in [1.82, 2.24) is 9.97 Å². The number of allylic oxidation sites excluding steroid dienone is 1. The monoisotopic (exact) mass is 911 g/mol. The zero-order valence-corrected chi connectivity index (χ0v) is 40.4. The molecule has 21 atom stereocenters. The second-order valence-electron chi connectivity index (χ2n) is 26.1. The minimum Gasteiger partial charge on any atom is -0.393 e. The maximum atomic E-state index is 14.9. The van der Waals surface area contributed by atoms with E-state index < -0.39 is 69.5 Å². The van der Waals surface area contributed by atoms with Gasteiger partial charge in [0.25, 0.3) is 0 Å². The lowest BCUT2D eigenvalue weighted by Crippen LogP contribution is -2.65. The topological polar surface area (TPSA) is 181 Å². The van der Waals surface area contributed by atoms with Gasteiger partial charge in [-0.2, -0.15) is 0 Å². The normalized spacial score (nSPS) is 56.8. The number of aliphatic hydroxyl groups excluding tert-OH is 4. The first-order chi connectivity index (χ1) is 31.0. The number of ketones is 1. The molecular weight excluding hydrogens is 837 g/mol. The van der Waals surface area contributed by atoms with Crippen molar-refractivity contribution in [2.45, 2.75) is 192 Å².